The topological polar surface area (TPSA) is 91.3 Å². The summed E-state index contributed by atoms with van der Waals surface area (Å²) in [5, 5.41) is 8.75. The van der Waals surface area contributed by atoms with E-state index in [2.05, 4.69) is 18.1 Å². The second kappa shape index (κ2) is 9.48. The predicted octanol–water partition coefficient (Wildman–Crippen LogP) is 1.19. The average Bonchev–Trinajstić information content (AvgIpc) is 2.17. The van der Waals surface area contributed by atoms with Crippen molar-refractivity contribution >= 4 is 16.5 Å². The van der Waals surface area contributed by atoms with E-state index in [1.165, 1.54) is 0 Å². The van der Waals surface area contributed by atoms with Gasteiger partial charge in [0.15, 0.2) is 6.29 Å². The van der Waals surface area contributed by atoms with Gasteiger partial charge in [-0.25, -0.2) is 0 Å². The van der Waals surface area contributed by atoms with Gasteiger partial charge in [0.25, 0.3) is 0 Å². The fourth-order valence-corrected chi connectivity index (χ4v) is 2.00. The minimum absolute atomic E-state index is 0.219. The largest absolute Gasteiger partial charge is 0.391 e. The molecule has 0 aliphatic carbocycles. The monoisotopic (exact) mass is 262 g/mol. The molecule has 0 aromatic carbocycles. The first-order chi connectivity index (χ1) is 7.13. The normalized spacial score (nSPS) is 17.3. The van der Waals surface area contributed by atoms with E-state index in [1.54, 1.807) is 13.8 Å². The molecule has 0 spiro atoms. The van der Waals surface area contributed by atoms with Gasteiger partial charge in [-0.3, -0.25) is 18.2 Å². The first-order valence-electron chi connectivity index (χ1n) is 4.41. The van der Waals surface area contributed by atoms with Gasteiger partial charge in [-0.05, 0) is 13.8 Å². The predicted molar refractivity (Wildman–Crippen MR) is 54.3 cm³/mol. The van der Waals surface area contributed by atoms with E-state index in [0.29, 0.717) is 0 Å². The van der Waals surface area contributed by atoms with Gasteiger partial charge in [-0.2, -0.15) is 0 Å². The molecule has 2 atom stereocenters. The van der Waals surface area contributed by atoms with Gasteiger partial charge in [0, 0.05) is 0 Å². The third-order valence-corrected chi connectivity index (χ3v) is 3.09. The highest BCUT2D eigenvalue weighted by atomic mass is 31.1. The van der Waals surface area contributed by atoms with Crippen LogP contribution in [0, 0.1) is 0 Å². The van der Waals surface area contributed by atoms with Gasteiger partial charge < -0.3 is 14.2 Å². The van der Waals surface area contributed by atoms with Crippen molar-refractivity contribution < 1.29 is 32.3 Å². The van der Waals surface area contributed by atoms with E-state index in [4.69, 9.17) is 5.11 Å². The second-order valence-corrected chi connectivity index (χ2v) is 4.26. The van der Waals surface area contributed by atoms with Crippen LogP contribution in [0.4, 0.5) is 0 Å². The molecule has 92 valence electrons. The highest BCUT2D eigenvalue weighted by molar-refractivity contribution is 7.34. The van der Waals surface area contributed by atoms with E-state index < -0.39 is 29.4 Å². The van der Waals surface area contributed by atoms with E-state index in [1.807, 2.05) is 0 Å². The first kappa shape index (κ1) is 15.3. The summed E-state index contributed by atoms with van der Waals surface area (Å²) >= 11 is 0. The Kier molecular flexibility index (Phi) is 9.65. The number of rotatable bonds is 9. The lowest BCUT2D eigenvalue weighted by Gasteiger charge is -2.14. The highest BCUT2D eigenvalue weighted by Gasteiger charge is 2.15. The van der Waals surface area contributed by atoms with E-state index in [9.17, 15) is 9.13 Å². The van der Waals surface area contributed by atoms with Gasteiger partial charge >= 0.3 is 16.5 Å². The molecule has 0 aromatic heterocycles. The fraction of sp³-hybridized carbons (Fsp3) is 1.00. The van der Waals surface area contributed by atoms with Crippen LogP contribution in [-0.2, 0) is 27.2 Å². The lowest BCUT2D eigenvalue weighted by atomic mass is 10.7. The number of aliphatic hydroxyl groups excluding tert-OH is 1. The molecule has 0 aliphatic rings. The molecular weight excluding hydrogens is 246 g/mol. The van der Waals surface area contributed by atoms with Gasteiger partial charge in [0.05, 0.1) is 19.8 Å². The maximum Gasteiger partial charge on any atom is 0.321 e. The molecule has 0 heterocycles. The summed E-state index contributed by atoms with van der Waals surface area (Å²) in [7, 11) is -5.45. The standard InChI is InChI=1S/C6H16O7P2/c1-3-10-14(8)12-6(5-7)13-15(9)11-4-2/h6-7,14-15H,3-5H2,1-2H3. The molecule has 0 saturated heterocycles. The third kappa shape index (κ3) is 8.11. The van der Waals surface area contributed by atoms with Crippen molar-refractivity contribution in [3.63, 3.8) is 0 Å². The summed E-state index contributed by atoms with van der Waals surface area (Å²) in [6.45, 7) is 3.15. The molecule has 0 aliphatic heterocycles. The highest BCUT2D eigenvalue weighted by Crippen LogP contribution is 2.32. The van der Waals surface area contributed by atoms with Gasteiger partial charge in [0.2, 0.25) is 0 Å². The minimum Gasteiger partial charge on any atom is -0.391 e. The molecular formula is C6H16O7P2. The van der Waals surface area contributed by atoms with Gasteiger partial charge in [-0.1, -0.05) is 0 Å². The maximum absolute atomic E-state index is 11.0. The van der Waals surface area contributed by atoms with Crippen molar-refractivity contribution in [2.45, 2.75) is 20.1 Å². The molecule has 0 bridgehead atoms. The van der Waals surface area contributed by atoms with Crippen LogP contribution in [-0.4, -0.2) is 31.2 Å². The Morgan fingerprint density at radius 3 is 1.73 bits per heavy atom. The summed E-state index contributed by atoms with van der Waals surface area (Å²) in [6, 6.07) is 0. The fourth-order valence-electron chi connectivity index (χ4n) is 0.617. The summed E-state index contributed by atoms with van der Waals surface area (Å²) in [5.74, 6) is 0. The van der Waals surface area contributed by atoms with Crippen LogP contribution in [0.3, 0.4) is 0 Å². The molecule has 0 aromatic rings. The Bertz CT molecular complexity index is 190. The van der Waals surface area contributed by atoms with Crippen molar-refractivity contribution in [2.24, 2.45) is 0 Å². The summed E-state index contributed by atoms with van der Waals surface area (Å²) < 4.78 is 40.5. The SMILES string of the molecule is CCO[PH](=O)OC(CO)O[PH](=O)OCC. The Morgan fingerprint density at radius 1 is 1.07 bits per heavy atom. The Balaban J connectivity index is 3.91. The first-order valence-corrected chi connectivity index (χ1v) is 6.86. The van der Waals surface area contributed by atoms with Crippen molar-refractivity contribution in [2.75, 3.05) is 19.8 Å². The zero-order valence-electron chi connectivity index (χ0n) is 8.60. The summed E-state index contributed by atoms with van der Waals surface area (Å²) in [4.78, 5) is 0. The number of aliphatic hydroxyl groups is 1. The van der Waals surface area contributed by atoms with Crippen molar-refractivity contribution in [3.8, 4) is 0 Å². The van der Waals surface area contributed by atoms with E-state index >= 15 is 0 Å². The Labute approximate surface area is 89.6 Å². The Morgan fingerprint density at radius 2 is 1.47 bits per heavy atom. The maximum atomic E-state index is 11.0. The zero-order chi connectivity index (χ0) is 11.7. The van der Waals surface area contributed by atoms with Crippen molar-refractivity contribution in [3.05, 3.63) is 0 Å². The average molecular weight is 262 g/mol. The molecule has 9 heteroatoms. The molecule has 1 N–H and O–H groups in total. The second-order valence-electron chi connectivity index (χ2n) is 2.21. The van der Waals surface area contributed by atoms with Crippen LogP contribution in [0.25, 0.3) is 0 Å². The van der Waals surface area contributed by atoms with Crippen LogP contribution in [0.5, 0.6) is 0 Å². The third-order valence-electron chi connectivity index (χ3n) is 1.13. The molecule has 7 nitrogen and oxygen atoms in total. The molecule has 0 fully saturated rings. The molecule has 0 radical (unpaired) electrons. The molecule has 0 saturated carbocycles. The molecule has 0 rings (SSSR count). The summed E-state index contributed by atoms with van der Waals surface area (Å²) in [5.41, 5.74) is 0. The van der Waals surface area contributed by atoms with Crippen molar-refractivity contribution in [1.29, 1.82) is 0 Å². The molecule has 15 heavy (non-hydrogen) atoms. The van der Waals surface area contributed by atoms with Gasteiger partial charge in [0.1, 0.15) is 0 Å². The van der Waals surface area contributed by atoms with Crippen molar-refractivity contribution in [1.82, 2.24) is 0 Å². The van der Waals surface area contributed by atoms with Crippen LogP contribution in [0.2, 0.25) is 0 Å². The zero-order valence-corrected chi connectivity index (χ0v) is 10.6. The molecule has 2 unspecified atom stereocenters. The molecule has 0 amide bonds. The van der Waals surface area contributed by atoms with Crippen LogP contribution in [0.15, 0.2) is 0 Å². The number of hydrogen-bond acceptors (Lipinski definition) is 7. The quantitative estimate of drug-likeness (QED) is 0.493. The minimum atomic E-state index is -2.72. The van der Waals surface area contributed by atoms with E-state index in [-0.39, 0.29) is 13.2 Å². The van der Waals surface area contributed by atoms with Crippen LogP contribution < -0.4 is 0 Å². The number of hydrogen-bond donors (Lipinski definition) is 1. The Hall–Kier alpha value is 0.260. The smallest absolute Gasteiger partial charge is 0.321 e. The van der Waals surface area contributed by atoms with E-state index in [0.717, 1.165) is 0 Å². The lowest BCUT2D eigenvalue weighted by molar-refractivity contribution is -0.0423. The van der Waals surface area contributed by atoms with Crippen LogP contribution >= 0.6 is 16.5 Å². The summed E-state index contributed by atoms with van der Waals surface area (Å²) in [6.07, 6.45) is -1.25. The van der Waals surface area contributed by atoms with Crippen LogP contribution in [0.1, 0.15) is 13.8 Å². The van der Waals surface area contributed by atoms with Gasteiger partial charge in [-0.15, -0.1) is 0 Å². The lowest BCUT2D eigenvalue weighted by Crippen LogP contribution is -2.16.